The van der Waals surface area contributed by atoms with E-state index in [0.717, 1.165) is 12.1 Å². The molecular formula is C23H17F4N3O3. The number of hydrogen-bond donors (Lipinski definition) is 1. The fourth-order valence-electron chi connectivity index (χ4n) is 4.35. The van der Waals surface area contributed by atoms with Crippen LogP contribution in [0.15, 0.2) is 47.4 Å². The summed E-state index contributed by atoms with van der Waals surface area (Å²) in [4.78, 5) is 29.6. The number of nitrogens with one attached hydrogen (secondary N) is 1. The number of benzene rings is 1. The average Bonchev–Trinajstić information content (AvgIpc) is 3.23. The Morgan fingerprint density at radius 2 is 1.91 bits per heavy atom. The molecule has 1 atom stereocenters. The Bertz CT molecular complexity index is 1480. The van der Waals surface area contributed by atoms with Gasteiger partial charge in [-0.05, 0) is 35.7 Å². The van der Waals surface area contributed by atoms with E-state index in [9.17, 15) is 27.2 Å². The second-order valence-electron chi connectivity index (χ2n) is 7.88. The maximum Gasteiger partial charge on any atom is 0.278 e. The van der Waals surface area contributed by atoms with Gasteiger partial charge < -0.3 is 19.0 Å². The van der Waals surface area contributed by atoms with Crippen LogP contribution in [0.4, 0.5) is 17.6 Å². The molecule has 6 nitrogen and oxygen atoms in total. The molecule has 5 rings (SSSR count). The van der Waals surface area contributed by atoms with E-state index in [0.29, 0.717) is 16.8 Å². The van der Waals surface area contributed by atoms with Crippen molar-refractivity contribution in [3.8, 4) is 0 Å². The van der Waals surface area contributed by atoms with E-state index in [1.165, 1.54) is 40.7 Å². The highest BCUT2D eigenvalue weighted by atomic mass is 19.3. The van der Waals surface area contributed by atoms with Crippen LogP contribution < -0.4 is 5.56 Å². The minimum absolute atomic E-state index is 0.0336. The summed E-state index contributed by atoms with van der Waals surface area (Å²) >= 11 is 0. The second kappa shape index (κ2) is 7.73. The van der Waals surface area contributed by atoms with Crippen molar-refractivity contribution in [2.24, 2.45) is 0 Å². The van der Waals surface area contributed by atoms with Gasteiger partial charge in [0, 0.05) is 30.0 Å². The van der Waals surface area contributed by atoms with Crippen molar-refractivity contribution >= 4 is 22.2 Å². The molecule has 0 saturated carbocycles. The van der Waals surface area contributed by atoms with Crippen LogP contribution >= 0.6 is 0 Å². The molecule has 1 unspecified atom stereocenters. The Balaban J connectivity index is 1.60. The van der Waals surface area contributed by atoms with E-state index in [1.54, 1.807) is 6.07 Å². The first-order valence-corrected chi connectivity index (χ1v) is 10.0. The minimum Gasteiger partial charge on any atom is -0.373 e. The Morgan fingerprint density at radius 3 is 2.64 bits per heavy atom. The smallest absolute Gasteiger partial charge is 0.278 e. The van der Waals surface area contributed by atoms with Gasteiger partial charge in [0.1, 0.15) is 0 Å². The van der Waals surface area contributed by atoms with Crippen LogP contribution in [0.1, 0.15) is 39.8 Å². The van der Waals surface area contributed by atoms with Crippen LogP contribution in [0, 0.1) is 11.6 Å². The summed E-state index contributed by atoms with van der Waals surface area (Å²) in [6.45, 7) is 0.0803. The molecule has 0 aliphatic carbocycles. The maximum atomic E-state index is 14.1. The van der Waals surface area contributed by atoms with E-state index in [4.69, 9.17) is 4.74 Å². The topological polar surface area (TPSA) is 66.8 Å². The molecule has 1 N–H and O–H groups in total. The summed E-state index contributed by atoms with van der Waals surface area (Å²) in [5, 5.41) is 0.138. The molecule has 4 aromatic rings. The lowest BCUT2D eigenvalue weighted by atomic mass is 9.95. The van der Waals surface area contributed by atoms with Crippen molar-refractivity contribution in [1.29, 1.82) is 0 Å². The van der Waals surface area contributed by atoms with E-state index in [2.05, 4.69) is 4.98 Å². The molecule has 33 heavy (non-hydrogen) atoms. The number of halogens is 4. The largest absolute Gasteiger partial charge is 0.373 e. The predicted molar refractivity (Wildman–Crippen MR) is 111 cm³/mol. The number of fused-ring (bicyclic) bond motifs is 4. The molecule has 170 valence electrons. The van der Waals surface area contributed by atoms with Gasteiger partial charge in [-0.25, -0.2) is 17.6 Å². The molecule has 0 saturated heterocycles. The van der Waals surface area contributed by atoms with Crippen LogP contribution in [0.2, 0.25) is 0 Å². The first-order chi connectivity index (χ1) is 15.8. The lowest BCUT2D eigenvalue weighted by Crippen LogP contribution is -2.37. The van der Waals surface area contributed by atoms with Gasteiger partial charge in [0.2, 0.25) is 0 Å². The maximum absolute atomic E-state index is 14.1. The molecule has 0 radical (unpaired) electrons. The van der Waals surface area contributed by atoms with Crippen molar-refractivity contribution in [3.05, 3.63) is 87.1 Å². The normalized spacial score (nSPS) is 15.9. The number of hydrogen-bond acceptors (Lipinski definition) is 3. The van der Waals surface area contributed by atoms with E-state index in [-0.39, 0.29) is 35.2 Å². The number of alkyl halides is 2. The molecule has 3 aromatic heterocycles. The van der Waals surface area contributed by atoms with Gasteiger partial charge in [0.05, 0.1) is 35.9 Å². The number of carbonyl (C=O) groups is 1. The average molecular weight is 459 g/mol. The number of aromatic amines is 1. The van der Waals surface area contributed by atoms with Crippen LogP contribution in [0.5, 0.6) is 0 Å². The van der Waals surface area contributed by atoms with Crippen LogP contribution in [0.25, 0.3) is 16.3 Å². The number of amides is 1. The number of H-pyrrole nitrogens is 1. The Hall–Kier alpha value is -3.66. The molecule has 1 aliphatic heterocycles. The summed E-state index contributed by atoms with van der Waals surface area (Å²) in [5.74, 6) is -2.76. The molecule has 0 spiro atoms. The molecule has 1 aromatic carbocycles. The monoisotopic (exact) mass is 459 g/mol. The highest BCUT2D eigenvalue weighted by Crippen LogP contribution is 2.34. The van der Waals surface area contributed by atoms with Crippen molar-refractivity contribution < 1.29 is 27.1 Å². The zero-order chi connectivity index (χ0) is 23.4. The molecule has 4 heterocycles. The van der Waals surface area contributed by atoms with Crippen LogP contribution in [0.3, 0.4) is 0 Å². The molecule has 1 aliphatic rings. The van der Waals surface area contributed by atoms with Gasteiger partial charge in [-0.3, -0.25) is 9.59 Å². The van der Waals surface area contributed by atoms with Crippen molar-refractivity contribution in [2.75, 3.05) is 13.7 Å². The Morgan fingerprint density at radius 1 is 1.18 bits per heavy atom. The quantitative estimate of drug-likeness (QED) is 0.464. The summed E-state index contributed by atoms with van der Waals surface area (Å²) in [7, 11) is 1.50. The highest BCUT2D eigenvalue weighted by Gasteiger charge is 2.32. The third kappa shape index (κ3) is 3.37. The number of likely N-dealkylation sites (N-methyl/N-ethyl adjacent to an activating group) is 1. The standard InChI is InChI=1S/C23H17F4N3O3/c1-29(23(32)11-5-12-3-2-4-18(21(26)27)30(12)8-11)19-10-33-9-17-20(19)13-6-15(24)16(25)7-14(13)22(31)28-17/h2-8,19,21H,9-10H2,1H3,(H,28,31). The van der Waals surface area contributed by atoms with Crippen LogP contribution in [-0.2, 0) is 11.3 Å². The molecule has 1 amide bonds. The van der Waals surface area contributed by atoms with Gasteiger partial charge >= 0.3 is 0 Å². The van der Waals surface area contributed by atoms with E-state index >= 15 is 0 Å². The summed E-state index contributed by atoms with van der Waals surface area (Å²) in [6.07, 6.45) is -1.39. The van der Waals surface area contributed by atoms with Gasteiger partial charge in [-0.1, -0.05) is 6.07 Å². The number of nitrogens with zero attached hydrogens (tertiary/aromatic N) is 2. The van der Waals surface area contributed by atoms with Gasteiger partial charge in [0.25, 0.3) is 17.9 Å². The molecule has 10 heteroatoms. The zero-order valence-corrected chi connectivity index (χ0v) is 17.2. The number of rotatable bonds is 3. The van der Waals surface area contributed by atoms with E-state index < -0.39 is 35.6 Å². The second-order valence-corrected chi connectivity index (χ2v) is 7.88. The molecule has 0 bridgehead atoms. The highest BCUT2D eigenvalue weighted by molar-refractivity contribution is 5.96. The molecular weight excluding hydrogens is 442 g/mol. The third-order valence-corrected chi connectivity index (χ3v) is 5.96. The van der Waals surface area contributed by atoms with Crippen LogP contribution in [-0.4, -0.2) is 33.8 Å². The number of carbonyl (C=O) groups excluding carboxylic acids is 1. The minimum atomic E-state index is -2.72. The zero-order valence-electron chi connectivity index (χ0n) is 17.2. The summed E-state index contributed by atoms with van der Waals surface area (Å²) in [5.41, 5.74) is 0.556. The van der Waals surface area contributed by atoms with Crippen molar-refractivity contribution in [1.82, 2.24) is 14.3 Å². The number of pyridine rings is 2. The first kappa shape index (κ1) is 21.2. The Kier molecular flexibility index (Phi) is 4.97. The number of ether oxygens (including phenoxy) is 1. The fourth-order valence-corrected chi connectivity index (χ4v) is 4.35. The van der Waals surface area contributed by atoms with Gasteiger partial charge in [-0.15, -0.1) is 0 Å². The lowest BCUT2D eigenvalue weighted by molar-refractivity contribution is 0.0335. The fraction of sp³-hybridized carbons (Fsp3) is 0.217. The third-order valence-electron chi connectivity index (χ3n) is 5.96. The van der Waals surface area contributed by atoms with Gasteiger partial charge in [-0.2, -0.15) is 0 Å². The lowest BCUT2D eigenvalue weighted by Gasteiger charge is -2.33. The summed E-state index contributed by atoms with van der Waals surface area (Å²) < 4.78 is 61.3. The predicted octanol–water partition coefficient (Wildman–Crippen LogP) is 4.34. The van der Waals surface area contributed by atoms with Crippen molar-refractivity contribution in [3.63, 3.8) is 0 Å². The first-order valence-electron chi connectivity index (χ1n) is 10.0. The van der Waals surface area contributed by atoms with E-state index in [1.807, 2.05) is 0 Å². The Labute approximate surface area is 184 Å². The van der Waals surface area contributed by atoms with Gasteiger partial charge in [0.15, 0.2) is 11.6 Å². The molecule has 0 fully saturated rings. The summed E-state index contributed by atoms with van der Waals surface area (Å²) in [6, 6.07) is 6.89. The van der Waals surface area contributed by atoms with Crippen molar-refractivity contribution in [2.45, 2.75) is 19.1 Å². The number of aromatic nitrogens is 2. The SMILES string of the molecule is CN(C(=O)c1cc2cccc(C(F)F)n2c1)C1COCc2[nH]c(=O)c3cc(F)c(F)cc3c21.